The van der Waals surface area contributed by atoms with E-state index in [0.717, 1.165) is 17.7 Å². The van der Waals surface area contributed by atoms with Gasteiger partial charge in [0.15, 0.2) is 6.10 Å². The third kappa shape index (κ3) is 4.34. The van der Waals surface area contributed by atoms with E-state index in [1.165, 1.54) is 6.92 Å². The lowest BCUT2D eigenvalue weighted by atomic mass is 10.2. The molecule has 1 aliphatic heterocycles. The molecule has 1 aliphatic rings. The van der Waals surface area contributed by atoms with Crippen LogP contribution < -0.4 is 10.2 Å². The van der Waals surface area contributed by atoms with E-state index in [9.17, 15) is 14.4 Å². The number of esters is 1. The van der Waals surface area contributed by atoms with Crippen molar-refractivity contribution in [2.75, 3.05) is 16.8 Å². The van der Waals surface area contributed by atoms with Crippen molar-refractivity contribution in [2.24, 2.45) is 0 Å². The van der Waals surface area contributed by atoms with Gasteiger partial charge in [-0.15, -0.1) is 0 Å². The van der Waals surface area contributed by atoms with Gasteiger partial charge in [0.1, 0.15) is 0 Å². The van der Waals surface area contributed by atoms with Gasteiger partial charge in [-0.25, -0.2) is 4.79 Å². The Morgan fingerprint density at radius 1 is 1.18 bits per heavy atom. The maximum Gasteiger partial charge on any atom is 0.338 e. The fourth-order valence-electron chi connectivity index (χ4n) is 2.96. The minimum absolute atomic E-state index is 0.0805. The van der Waals surface area contributed by atoms with Gasteiger partial charge < -0.3 is 15.0 Å². The predicted octanol–water partition coefficient (Wildman–Crippen LogP) is 3.96. The summed E-state index contributed by atoms with van der Waals surface area (Å²) in [6, 6.07) is 11.8. The Labute approximate surface area is 168 Å². The minimum Gasteiger partial charge on any atom is -0.449 e. The Bertz CT molecular complexity index is 911. The quantitative estimate of drug-likeness (QED) is 0.771. The number of benzene rings is 2. The Balaban J connectivity index is 1.61. The summed E-state index contributed by atoms with van der Waals surface area (Å²) in [7, 11) is 0. The highest BCUT2D eigenvalue weighted by Crippen LogP contribution is 2.24. The maximum atomic E-state index is 12.3. The molecule has 6 nitrogen and oxygen atoms in total. The summed E-state index contributed by atoms with van der Waals surface area (Å²) in [6.45, 7) is 3.98. The fraction of sp³-hybridized carbons (Fsp3) is 0.286. The molecular weight excluding hydrogens is 380 g/mol. The lowest BCUT2D eigenvalue weighted by Crippen LogP contribution is -2.30. The summed E-state index contributed by atoms with van der Waals surface area (Å²) >= 11 is 6.05. The van der Waals surface area contributed by atoms with Gasteiger partial charge in [-0.2, -0.15) is 0 Å². The van der Waals surface area contributed by atoms with Crippen LogP contribution in [0.2, 0.25) is 5.02 Å². The smallest absolute Gasteiger partial charge is 0.338 e. The van der Waals surface area contributed by atoms with Crippen molar-refractivity contribution in [3.8, 4) is 0 Å². The predicted molar refractivity (Wildman–Crippen MR) is 108 cm³/mol. The molecule has 0 unspecified atom stereocenters. The molecular formula is C21H21ClN2O4. The SMILES string of the molecule is Cc1c(Cl)cccc1NC(=O)[C@H](C)OC(=O)c1ccc(N2CCCC2=O)cc1. The summed E-state index contributed by atoms with van der Waals surface area (Å²) in [5, 5.41) is 3.25. The van der Waals surface area contributed by atoms with Crippen molar-refractivity contribution in [1.82, 2.24) is 0 Å². The van der Waals surface area contributed by atoms with E-state index in [4.69, 9.17) is 16.3 Å². The fourth-order valence-corrected chi connectivity index (χ4v) is 3.13. The second-order valence-electron chi connectivity index (χ2n) is 6.64. The van der Waals surface area contributed by atoms with Crippen LogP contribution in [0, 0.1) is 6.92 Å². The molecule has 28 heavy (non-hydrogen) atoms. The Hall–Kier alpha value is -2.86. The van der Waals surface area contributed by atoms with E-state index < -0.39 is 18.0 Å². The molecule has 1 saturated heterocycles. The molecule has 0 saturated carbocycles. The van der Waals surface area contributed by atoms with Gasteiger partial charge in [0.25, 0.3) is 5.91 Å². The molecule has 1 fully saturated rings. The summed E-state index contributed by atoms with van der Waals surface area (Å²) in [5.74, 6) is -0.973. The number of anilines is 2. The van der Waals surface area contributed by atoms with E-state index in [2.05, 4.69) is 5.32 Å². The zero-order valence-corrected chi connectivity index (χ0v) is 16.5. The van der Waals surface area contributed by atoms with Crippen molar-refractivity contribution in [1.29, 1.82) is 0 Å². The highest BCUT2D eigenvalue weighted by molar-refractivity contribution is 6.31. The second kappa shape index (κ2) is 8.44. The highest BCUT2D eigenvalue weighted by Gasteiger charge is 2.23. The first-order valence-electron chi connectivity index (χ1n) is 9.04. The van der Waals surface area contributed by atoms with Crippen molar-refractivity contribution in [3.05, 3.63) is 58.6 Å². The molecule has 1 heterocycles. The average Bonchev–Trinajstić information content (AvgIpc) is 3.11. The standard InChI is InChI=1S/C21H21ClN2O4/c1-13-17(22)5-3-6-18(13)23-20(26)14(2)28-21(27)15-8-10-16(11-9-15)24-12-4-7-19(24)25/h3,5-6,8-11,14H,4,7,12H2,1-2H3,(H,23,26)/t14-/m0/s1. The normalized spacial score (nSPS) is 14.7. The number of nitrogens with zero attached hydrogens (tertiary/aromatic N) is 1. The van der Waals surface area contributed by atoms with Crippen molar-refractivity contribution < 1.29 is 19.1 Å². The highest BCUT2D eigenvalue weighted by atomic mass is 35.5. The Morgan fingerprint density at radius 2 is 1.89 bits per heavy atom. The molecule has 2 amide bonds. The molecule has 0 aliphatic carbocycles. The van der Waals surface area contributed by atoms with Gasteiger partial charge in [-0.1, -0.05) is 17.7 Å². The zero-order valence-electron chi connectivity index (χ0n) is 15.7. The number of hydrogen-bond donors (Lipinski definition) is 1. The number of rotatable bonds is 5. The van der Waals surface area contributed by atoms with Crippen LogP contribution in [0.25, 0.3) is 0 Å². The largest absolute Gasteiger partial charge is 0.449 e. The van der Waals surface area contributed by atoms with E-state index >= 15 is 0 Å². The van der Waals surface area contributed by atoms with Gasteiger partial charge >= 0.3 is 5.97 Å². The number of halogens is 1. The van der Waals surface area contributed by atoms with Gasteiger partial charge in [-0.05, 0) is 62.2 Å². The Kier molecular flexibility index (Phi) is 5.99. The summed E-state index contributed by atoms with van der Waals surface area (Å²) in [6.07, 6.45) is 0.398. The molecule has 3 rings (SSSR count). The number of carbonyl (C=O) groups excluding carboxylic acids is 3. The van der Waals surface area contributed by atoms with Gasteiger partial charge in [0.2, 0.25) is 5.91 Å². The van der Waals surface area contributed by atoms with Crippen LogP contribution in [0.3, 0.4) is 0 Å². The molecule has 146 valence electrons. The third-order valence-corrected chi connectivity index (χ3v) is 5.08. The summed E-state index contributed by atoms with van der Waals surface area (Å²) in [4.78, 5) is 38.1. The van der Waals surface area contributed by atoms with Crippen LogP contribution in [0.4, 0.5) is 11.4 Å². The van der Waals surface area contributed by atoms with Gasteiger partial charge in [0, 0.05) is 29.4 Å². The molecule has 0 radical (unpaired) electrons. The number of hydrogen-bond acceptors (Lipinski definition) is 4. The number of nitrogens with one attached hydrogen (secondary N) is 1. The van der Waals surface area contributed by atoms with Crippen LogP contribution in [0.1, 0.15) is 35.7 Å². The Morgan fingerprint density at radius 3 is 2.54 bits per heavy atom. The molecule has 0 spiro atoms. The van der Waals surface area contributed by atoms with Gasteiger partial charge in [-0.3, -0.25) is 9.59 Å². The van der Waals surface area contributed by atoms with Crippen LogP contribution in [0.15, 0.2) is 42.5 Å². The van der Waals surface area contributed by atoms with Crippen molar-refractivity contribution in [2.45, 2.75) is 32.8 Å². The van der Waals surface area contributed by atoms with E-state index in [-0.39, 0.29) is 5.91 Å². The first-order valence-corrected chi connectivity index (χ1v) is 9.42. The molecule has 2 aromatic carbocycles. The van der Waals surface area contributed by atoms with E-state index in [1.54, 1.807) is 54.3 Å². The first-order chi connectivity index (χ1) is 13.4. The lowest BCUT2D eigenvalue weighted by molar-refractivity contribution is -0.123. The molecule has 0 aromatic heterocycles. The molecule has 7 heteroatoms. The first kappa shape index (κ1) is 19.9. The molecule has 0 bridgehead atoms. The number of ether oxygens (including phenoxy) is 1. The van der Waals surface area contributed by atoms with E-state index in [1.807, 2.05) is 0 Å². The third-order valence-electron chi connectivity index (χ3n) is 4.67. The molecule has 1 N–H and O–H groups in total. The van der Waals surface area contributed by atoms with Gasteiger partial charge in [0.05, 0.1) is 5.56 Å². The molecule has 1 atom stereocenters. The summed E-state index contributed by atoms with van der Waals surface area (Å²) in [5.41, 5.74) is 2.37. The minimum atomic E-state index is -0.981. The van der Waals surface area contributed by atoms with Crippen molar-refractivity contribution >= 4 is 40.8 Å². The van der Waals surface area contributed by atoms with Crippen LogP contribution in [0.5, 0.6) is 0 Å². The van der Waals surface area contributed by atoms with Crippen LogP contribution in [-0.2, 0) is 14.3 Å². The topological polar surface area (TPSA) is 75.7 Å². The van der Waals surface area contributed by atoms with Crippen molar-refractivity contribution in [3.63, 3.8) is 0 Å². The number of amides is 2. The summed E-state index contributed by atoms with van der Waals surface area (Å²) < 4.78 is 5.26. The average molecular weight is 401 g/mol. The van der Waals surface area contributed by atoms with E-state index in [0.29, 0.717) is 29.2 Å². The second-order valence-corrected chi connectivity index (χ2v) is 7.05. The van der Waals surface area contributed by atoms with Crippen LogP contribution in [-0.4, -0.2) is 30.4 Å². The van der Waals surface area contributed by atoms with Crippen LogP contribution >= 0.6 is 11.6 Å². The lowest BCUT2D eigenvalue weighted by Gasteiger charge is -2.17. The monoisotopic (exact) mass is 400 g/mol. The molecule has 2 aromatic rings. The maximum absolute atomic E-state index is 12.3. The zero-order chi connectivity index (χ0) is 20.3. The number of carbonyl (C=O) groups is 3.